The first-order valence-corrected chi connectivity index (χ1v) is 10.2. The van der Waals surface area contributed by atoms with Gasteiger partial charge in [-0.1, -0.05) is 19.9 Å². The van der Waals surface area contributed by atoms with Crippen molar-refractivity contribution in [1.29, 1.82) is 0 Å². The lowest BCUT2D eigenvalue weighted by atomic mass is 10.0. The minimum Gasteiger partial charge on any atom is -0.350 e. The molecule has 0 unspecified atom stereocenters. The van der Waals surface area contributed by atoms with Crippen LogP contribution in [0.1, 0.15) is 56.8 Å². The van der Waals surface area contributed by atoms with E-state index >= 15 is 0 Å². The summed E-state index contributed by atoms with van der Waals surface area (Å²) in [6, 6.07) is 6.41. The molecule has 1 aromatic rings. The van der Waals surface area contributed by atoms with E-state index in [0.29, 0.717) is 24.6 Å². The highest BCUT2D eigenvalue weighted by Crippen LogP contribution is 2.21. The van der Waals surface area contributed by atoms with Gasteiger partial charge >= 0.3 is 0 Å². The summed E-state index contributed by atoms with van der Waals surface area (Å²) < 4.78 is 26.7. The zero-order valence-corrected chi connectivity index (χ0v) is 15.6. The van der Waals surface area contributed by atoms with Gasteiger partial charge in [0.05, 0.1) is 4.90 Å². The van der Waals surface area contributed by atoms with Gasteiger partial charge in [-0.15, -0.1) is 0 Å². The normalized spacial score (nSPS) is 17.2. The SMILES string of the molecule is CC(C)CC[C@H](C)NC(=O)c1cccc(S(=O)(=O)N2CCCC2)c1. The van der Waals surface area contributed by atoms with Crippen molar-refractivity contribution in [3.8, 4) is 0 Å². The minimum absolute atomic E-state index is 0.0683. The van der Waals surface area contributed by atoms with Crippen molar-refractivity contribution in [3.63, 3.8) is 0 Å². The summed E-state index contributed by atoms with van der Waals surface area (Å²) in [5.41, 5.74) is 0.395. The fourth-order valence-electron chi connectivity index (χ4n) is 2.84. The van der Waals surface area contributed by atoms with Gasteiger partial charge in [0.15, 0.2) is 0 Å². The summed E-state index contributed by atoms with van der Waals surface area (Å²) >= 11 is 0. The second kappa shape index (κ2) is 8.12. The van der Waals surface area contributed by atoms with E-state index in [1.807, 2.05) is 6.92 Å². The van der Waals surface area contributed by atoms with Crippen molar-refractivity contribution in [3.05, 3.63) is 29.8 Å². The highest BCUT2D eigenvalue weighted by Gasteiger charge is 2.27. The molecule has 0 radical (unpaired) electrons. The minimum atomic E-state index is -3.49. The largest absolute Gasteiger partial charge is 0.350 e. The van der Waals surface area contributed by atoms with E-state index in [-0.39, 0.29) is 16.8 Å². The quantitative estimate of drug-likeness (QED) is 0.820. The second-order valence-electron chi connectivity index (χ2n) is 6.98. The number of amides is 1. The van der Waals surface area contributed by atoms with Crippen LogP contribution >= 0.6 is 0 Å². The molecule has 0 bridgehead atoms. The Balaban J connectivity index is 2.08. The van der Waals surface area contributed by atoms with Gasteiger partial charge < -0.3 is 5.32 Å². The van der Waals surface area contributed by atoms with Crippen LogP contribution in [0, 0.1) is 5.92 Å². The summed E-state index contributed by atoms with van der Waals surface area (Å²) in [7, 11) is -3.49. The van der Waals surface area contributed by atoms with E-state index in [1.165, 1.54) is 10.4 Å². The standard InChI is InChI=1S/C18H28N2O3S/c1-14(2)9-10-15(3)19-18(21)16-7-6-8-17(13-16)24(22,23)20-11-4-5-12-20/h6-8,13-15H,4-5,9-12H2,1-3H3,(H,19,21)/t15-/m0/s1. The van der Waals surface area contributed by atoms with Crippen LogP contribution in [0.3, 0.4) is 0 Å². The van der Waals surface area contributed by atoms with Crippen LogP contribution in [0.2, 0.25) is 0 Å². The monoisotopic (exact) mass is 352 g/mol. The zero-order chi connectivity index (χ0) is 17.7. The molecule has 1 saturated heterocycles. The molecule has 1 aliphatic rings. The predicted octanol–water partition coefficient (Wildman–Crippen LogP) is 3.03. The molecule has 0 aromatic heterocycles. The Kier molecular flexibility index (Phi) is 6.40. The molecular formula is C18H28N2O3S. The van der Waals surface area contributed by atoms with Crippen LogP contribution in [0.25, 0.3) is 0 Å². The molecule has 0 aliphatic carbocycles. The van der Waals surface area contributed by atoms with Crippen molar-refractivity contribution in [2.75, 3.05) is 13.1 Å². The number of carbonyl (C=O) groups excluding carboxylic acids is 1. The van der Waals surface area contributed by atoms with Gasteiger partial charge in [0, 0.05) is 24.7 Å². The third kappa shape index (κ3) is 4.80. The van der Waals surface area contributed by atoms with Gasteiger partial charge in [0.2, 0.25) is 10.0 Å². The lowest BCUT2D eigenvalue weighted by molar-refractivity contribution is 0.0937. The Hall–Kier alpha value is -1.40. The molecule has 1 fully saturated rings. The van der Waals surface area contributed by atoms with Gasteiger partial charge in [0.1, 0.15) is 0 Å². The van der Waals surface area contributed by atoms with Gasteiger partial charge in [-0.3, -0.25) is 4.79 Å². The molecule has 134 valence electrons. The molecule has 24 heavy (non-hydrogen) atoms. The molecule has 1 N–H and O–H groups in total. The third-order valence-corrected chi connectivity index (χ3v) is 6.25. The second-order valence-corrected chi connectivity index (χ2v) is 8.92. The maximum atomic E-state index is 12.6. The van der Waals surface area contributed by atoms with Crippen LogP contribution in [0.4, 0.5) is 0 Å². The van der Waals surface area contributed by atoms with E-state index in [1.54, 1.807) is 18.2 Å². The number of sulfonamides is 1. The zero-order valence-electron chi connectivity index (χ0n) is 14.8. The van der Waals surface area contributed by atoms with Crippen molar-refractivity contribution in [1.82, 2.24) is 9.62 Å². The van der Waals surface area contributed by atoms with Crippen LogP contribution in [-0.2, 0) is 10.0 Å². The Morgan fingerprint density at radius 3 is 2.46 bits per heavy atom. The number of carbonyl (C=O) groups is 1. The van der Waals surface area contributed by atoms with E-state index in [2.05, 4.69) is 19.2 Å². The van der Waals surface area contributed by atoms with Crippen LogP contribution in [0.15, 0.2) is 29.2 Å². The van der Waals surface area contributed by atoms with Gasteiger partial charge in [-0.2, -0.15) is 4.31 Å². The number of nitrogens with zero attached hydrogens (tertiary/aromatic N) is 1. The summed E-state index contributed by atoms with van der Waals surface area (Å²) in [5, 5.41) is 2.95. The molecule has 1 amide bonds. The highest BCUT2D eigenvalue weighted by atomic mass is 32.2. The molecular weight excluding hydrogens is 324 g/mol. The first-order chi connectivity index (χ1) is 11.3. The van der Waals surface area contributed by atoms with Gasteiger partial charge in [-0.05, 0) is 56.7 Å². The first-order valence-electron chi connectivity index (χ1n) is 8.72. The Morgan fingerprint density at radius 2 is 1.83 bits per heavy atom. The summed E-state index contributed by atoms with van der Waals surface area (Å²) in [6.45, 7) is 7.41. The lowest BCUT2D eigenvalue weighted by Gasteiger charge is -2.17. The van der Waals surface area contributed by atoms with E-state index < -0.39 is 10.0 Å². The van der Waals surface area contributed by atoms with Gasteiger partial charge in [-0.25, -0.2) is 8.42 Å². The highest BCUT2D eigenvalue weighted by molar-refractivity contribution is 7.89. The Labute approximate surface area is 145 Å². The van der Waals surface area contributed by atoms with Crippen LogP contribution < -0.4 is 5.32 Å². The number of benzene rings is 1. The molecule has 1 heterocycles. The first kappa shape index (κ1) is 18.9. The number of hydrogen-bond acceptors (Lipinski definition) is 3. The number of hydrogen-bond donors (Lipinski definition) is 1. The number of nitrogens with one attached hydrogen (secondary N) is 1. The third-order valence-electron chi connectivity index (χ3n) is 4.35. The Morgan fingerprint density at radius 1 is 1.17 bits per heavy atom. The average Bonchev–Trinajstić information content (AvgIpc) is 3.08. The fraction of sp³-hybridized carbons (Fsp3) is 0.611. The number of rotatable bonds is 7. The molecule has 0 saturated carbocycles. The van der Waals surface area contributed by atoms with E-state index in [4.69, 9.17) is 0 Å². The van der Waals surface area contributed by atoms with Crippen LogP contribution in [0.5, 0.6) is 0 Å². The molecule has 0 spiro atoms. The topological polar surface area (TPSA) is 66.5 Å². The van der Waals surface area contributed by atoms with E-state index in [0.717, 1.165) is 25.7 Å². The van der Waals surface area contributed by atoms with Crippen molar-refractivity contribution in [2.45, 2.75) is 57.4 Å². The molecule has 2 rings (SSSR count). The smallest absolute Gasteiger partial charge is 0.251 e. The lowest BCUT2D eigenvalue weighted by Crippen LogP contribution is -2.33. The molecule has 1 aliphatic heterocycles. The molecule has 5 nitrogen and oxygen atoms in total. The summed E-state index contributed by atoms with van der Waals surface area (Å²) in [6.07, 6.45) is 3.75. The maximum Gasteiger partial charge on any atom is 0.251 e. The van der Waals surface area contributed by atoms with Crippen LogP contribution in [-0.4, -0.2) is 37.8 Å². The molecule has 6 heteroatoms. The predicted molar refractivity (Wildman–Crippen MR) is 95.4 cm³/mol. The van der Waals surface area contributed by atoms with Crippen molar-refractivity contribution < 1.29 is 13.2 Å². The fourth-order valence-corrected chi connectivity index (χ4v) is 4.40. The summed E-state index contributed by atoms with van der Waals surface area (Å²) in [4.78, 5) is 12.6. The molecule has 1 aromatic carbocycles. The Bertz CT molecular complexity index is 665. The van der Waals surface area contributed by atoms with Gasteiger partial charge in [0.25, 0.3) is 5.91 Å². The maximum absolute atomic E-state index is 12.6. The average molecular weight is 353 g/mol. The van der Waals surface area contributed by atoms with Crippen molar-refractivity contribution in [2.24, 2.45) is 5.92 Å². The van der Waals surface area contributed by atoms with E-state index in [9.17, 15) is 13.2 Å². The summed E-state index contributed by atoms with van der Waals surface area (Å²) in [5.74, 6) is 0.378. The van der Waals surface area contributed by atoms with Crippen molar-refractivity contribution >= 4 is 15.9 Å². The molecule has 1 atom stereocenters.